The minimum Gasteiger partial charge on any atom is -0.390 e. The fourth-order valence-corrected chi connectivity index (χ4v) is 1.38. The van der Waals surface area contributed by atoms with Crippen LogP contribution in [0.2, 0.25) is 0 Å². The standard InChI is InChI=1S/C10H18O3/c1-4-5-6-8(11)9-7-12-10(2,3)13-9/h4,8-9,11H,1,5-7H2,2-3H3. The van der Waals surface area contributed by atoms with Crippen LogP contribution >= 0.6 is 0 Å². The van der Waals surface area contributed by atoms with Gasteiger partial charge in [0.2, 0.25) is 0 Å². The topological polar surface area (TPSA) is 38.7 Å². The highest BCUT2D eigenvalue weighted by molar-refractivity contribution is 4.79. The zero-order valence-electron chi connectivity index (χ0n) is 8.32. The van der Waals surface area contributed by atoms with Gasteiger partial charge in [0, 0.05) is 0 Å². The molecule has 0 aromatic heterocycles. The Bertz CT molecular complexity index is 177. The summed E-state index contributed by atoms with van der Waals surface area (Å²) in [5.74, 6) is -0.542. The molecule has 1 heterocycles. The molecule has 13 heavy (non-hydrogen) atoms. The Morgan fingerprint density at radius 2 is 2.38 bits per heavy atom. The van der Waals surface area contributed by atoms with E-state index in [1.54, 1.807) is 6.08 Å². The Balaban J connectivity index is 2.33. The van der Waals surface area contributed by atoms with Gasteiger partial charge in [-0.05, 0) is 26.7 Å². The van der Waals surface area contributed by atoms with E-state index in [9.17, 15) is 5.11 Å². The predicted molar refractivity (Wildman–Crippen MR) is 50.3 cm³/mol. The molecular weight excluding hydrogens is 168 g/mol. The van der Waals surface area contributed by atoms with Crippen molar-refractivity contribution < 1.29 is 14.6 Å². The molecule has 2 atom stereocenters. The van der Waals surface area contributed by atoms with Crippen molar-refractivity contribution in [2.24, 2.45) is 0 Å². The summed E-state index contributed by atoms with van der Waals surface area (Å²) in [7, 11) is 0. The molecule has 1 saturated heterocycles. The third kappa shape index (κ3) is 3.10. The molecule has 0 radical (unpaired) electrons. The van der Waals surface area contributed by atoms with Crippen LogP contribution in [0.25, 0.3) is 0 Å². The molecule has 1 aliphatic heterocycles. The summed E-state index contributed by atoms with van der Waals surface area (Å²) in [5.41, 5.74) is 0. The molecule has 0 aromatic rings. The lowest BCUT2D eigenvalue weighted by molar-refractivity contribution is -0.151. The van der Waals surface area contributed by atoms with Crippen molar-refractivity contribution in [3.05, 3.63) is 12.7 Å². The van der Waals surface area contributed by atoms with Crippen LogP contribution in [0, 0.1) is 0 Å². The minimum absolute atomic E-state index is 0.185. The van der Waals surface area contributed by atoms with Crippen molar-refractivity contribution in [3.63, 3.8) is 0 Å². The summed E-state index contributed by atoms with van der Waals surface area (Å²) in [6.07, 6.45) is 2.66. The van der Waals surface area contributed by atoms with Gasteiger partial charge in [-0.3, -0.25) is 0 Å². The number of hydrogen-bond donors (Lipinski definition) is 1. The van der Waals surface area contributed by atoms with Crippen molar-refractivity contribution in [2.75, 3.05) is 6.61 Å². The number of allylic oxidation sites excluding steroid dienone is 1. The van der Waals surface area contributed by atoms with E-state index in [4.69, 9.17) is 9.47 Å². The van der Waals surface area contributed by atoms with Crippen LogP contribution in [-0.4, -0.2) is 29.7 Å². The number of rotatable bonds is 4. The average Bonchev–Trinajstić information content (AvgIpc) is 2.42. The SMILES string of the molecule is C=CCCC(O)C1COC(C)(C)O1. The third-order valence-corrected chi connectivity index (χ3v) is 2.13. The fraction of sp³-hybridized carbons (Fsp3) is 0.800. The van der Waals surface area contributed by atoms with Crippen LogP contribution in [0.5, 0.6) is 0 Å². The highest BCUT2D eigenvalue weighted by atomic mass is 16.7. The first-order valence-corrected chi connectivity index (χ1v) is 4.66. The molecular formula is C10H18O3. The van der Waals surface area contributed by atoms with Crippen molar-refractivity contribution in [3.8, 4) is 0 Å². The van der Waals surface area contributed by atoms with Gasteiger partial charge in [0.15, 0.2) is 5.79 Å². The molecule has 3 nitrogen and oxygen atoms in total. The maximum atomic E-state index is 9.66. The van der Waals surface area contributed by atoms with Gasteiger partial charge < -0.3 is 14.6 Å². The maximum Gasteiger partial charge on any atom is 0.163 e. The minimum atomic E-state index is -0.542. The van der Waals surface area contributed by atoms with Gasteiger partial charge in [-0.25, -0.2) is 0 Å². The Morgan fingerprint density at radius 3 is 2.85 bits per heavy atom. The molecule has 0 amide bonds. The summed E-state index contributed by atoms with van der Waals surface area (Å²) in [6.45, 7) is 7.79. The number of ether oxygens (including phenoxy) is 2. The normalized spacial score (nSPS) is 28.7. The smallest absolute Gasteiger partial charge is 0.163 e. The van der Waals surface area contributed by atoms with Gasteiger partial charge in [0.1, 0.15) is 6.10 Å². The first-order chi connectivity index (χ1) is 6.05. The Hall–Kier alpha value is -0.380. The quantitative estimate of drug-likeness (QED) is 0.676. The van der Waals surface area contributed by atoms with Crippen molar-refractivity contribution in [1.82, 2.24) is 0 Å². The van der Waals surface area contributed by atoms with Gasteiger partial charge >= 0.3 is 0 Å². The van der Waals surface area contributed by atoms with Gasteiger partial charge in [-0.2, -0.15) is 0 Å². The van der Waals surface area contributed by atoms with E-state index in [1.165, 1.54) is 0 Å². The fourth-order valence-electron chi connectivity index (χ4n) is 1.38. The molecule has 1 aliphatic rings. The van der Waals surface area contributed by atoms with Gasteiger partial charge in [0.25, 0.3) is 0 Å². The zero-order chi connectivity index (χ0) is 9.90. The molecule has 0 aromatic carbocycles. The molecule has 0 spiro atoms. The molecule has 76 valence electrons. The third-order valence-electron chi connectivity index (χ3n) is 2.13. The zero-order valence-corrected chi connectivity index (χ0v) is 8.32. The van der Waals surface area contributed by atoms with Crippen LogP contribution < -0.4 is 0 Å². The largest absolute Gasteiger partial charge is 0.390 e. The Morgan fingerprint density at radius 1 is 1.69 bits per heavy atom. The van der Waals surface area contributed by atoms with Crippen LogP contribution in [-0.2, 0) is 9.47 Å². The first kappa shape index (κ1) is 10.7. The van der Waals surface area contributed by atoms with E-state index in [0.717, 1.165) is 6.42 Å². The average molecular weight is 186 g/mol. The molecule has 0 bridgehead atoms. The summed E-state index contributed by atoms with van der Waals surface area (Å²) >= 11 is 0. The number of hydrogen-bond acceptors (Lipinski definition) is 3. The van der Waals surface area contributed by atoms with E-state index in [1.807, 2.05) is 13.8 Å². The van der Waals surface area contributed by atoms with E-state index in [0.29, 0.717) is 13.0 Å². The molecule has 0 aliphatic carbocycles. The van der Waals surface area contributed by atoms with Crippen molar-refractivity contribution in [1.29, 1.82) is 0 Å². The van der Waals surface area contributed by atoms with E-state index >= 15 is 0 Å². The Labute approximate surface area is 79.3 Å². The lowest BCUT2D eigenvalue weighted by atomic mass is 10.1. The van der Waals surface area contributed by atoms with Crippen LogP contribution in [0.4, 0.5) is 0 Å². The van der Waals surface area contributed by atoms with E-state index in [2.05, 4.69) is 6.58 Å². The first-order valence-electron chi connectivity index (χ1n) is 4.66. The molecule has 1 N–H and O–H groups in total. The second kappa shape index (κ2) is 4.22. The second-order valence-electron chi connectivity index (χ2n) is 3.80. The number of aliphatic hydroxyl groups excluding tert-OH is 1. The summed E-state index contributed by atoms with van der Waals surface area (Å²) in [6, 6.07) is 0. The van der Waals surface area contributed by atoms with Crippen LogP contribution in [0.1, 0.15) is 26.7 Å². The second-order valence-corrected chi connectivity index (χ2v) is 3.80. The lowest BCUT2D eigenvalue weighted by Gasteiger charge is -2.19. The summed E-state index contributed by atoms with van der Waals surface area (Å²) in [5, 5.41) is 9.66. The highest BCUT2D eigenvalue weighted by Crippen LogP contribution is 2.25. The maximum absolute atomic E-state index is 9.66. The molecule has 1 fully saturated rings. The summed E-state index contributed by atoms with van der Waals surface area (Å²) in [4.78, 5) is 0. The van der Waals surface area contributed by atoms with Gasteiger partial charge in [-0.1, -0.05) is 6.08 Å². The Kier molecular flexibility index (Phi) is 3.47. The summed E-state index contributed by atoms with van der Waals surface area (Å²) < 4.78 is 10.8. The monoisotopic (exact) mass is 186 g/mol. The van der Waals surface area contributed by atoms with Gasteiger partial charge in [0.05, 0.1) is 12.7 Å². The number of aliphatic hydroxyl groups is 1. The molecule has 3 heteroatoms. The predicted octanol–water partition coefficient (Wildman–Crippen LogP) is 1.46. The van der Waals surface area contributed by atoms with Crippen LogP contribution in [0.15, 0.2) is 12.7 Å². The lowest BCUT2D eigenvalue weighted by Crippen LogP contribution is -2.30. The molecule has 0 saturated carbocycles. The van der Waals surface area contributed by atoms with Crippen LogP contribution in [0.3, 0.4) is 0 Å². The van der Waals surface area contributed by atoms with Gasteiger partial charge in [-0.15, -0.1) is 6.58 Å². The highest BCUT2D eigenvalue weighted by Gasteiger charge is 2.36. The molecule has 1 rings (SSSR count). The van der Waals surface area contributed by atoms with Crippen molar-refractivity contribution in [2.45, 2.75) is 44.7 Å². The van der Waals surface area contributed by atoms with Crippen molar-refractivity contribution >= 4 is 0 Å². The van der Waals surface area contributed by atoms with E-state index < -0.39 is 11.9 Å². The molecule has 2 unspecified atom stereocenters. The van der Waals surface area contributed by atoms with E-state index in [-0.39, 0.29) is 6.10 Å².